The first kappa shape index (κ1) is 14.4. The second-order valence-electron chi connectivity index (χ2n) is 2.92. The Balaban J connectivity index is 0. The average molecular weight is 185 g/mol. The van der Waals surface area contributed by atoms with Crippen LogP contribution in [-0.2, 0) is 4.79 Å². The van der Waals surface area contributed by atoms with Crippen LogP contribution in [0.3, 0.4) is 0 Å². The number of carboxylic acid groups (broad SMARTS) is 1. The van der Waals surface area contributed by atoms with Crippen LogP contribution in [0.5, 0.6) is 0 Å². The number of quaternary nitrogens is 1. The molecule has 76 valence electrons. The molecule has 3 heteroatoms. The van der Waals surface area contributed by atoms with E-state index in [0.29, 0.717) is 12.8 Å². The van der Waals surface area contributed by atoms with Crippen LogP contribution < -0.4 is 11.3 Å². The van der Waals surface area contributed by atoms with Gasteiger partial charge in [-0.15, -0.1) is 13.2 Å². The monoisotopic (exact) mass is 185 g/mol. The Kier molecular flexibility index (Phi) is 8.39. The summed E-state index contributed by atoms with van der Waals surface area (Å²) < 4.78 is 0. The van der Waals surface area contributed by atoms with E-state index in [1.807, 2.05) is 0 Å². The Bertz CT molecular complexity index is 168. The number of rotatable bonds is 6. The van der Waals surface area contributed by atoms with Gasteiger partial charge in [0.2, 0.25) is 0 Å². The van der Waals surface area contributed by atoms with Gasteiger partial charge < -0.3 is 16.1 Å². The summed E-state index contributed by atoms with van der Waals surface area (Å²) in [4.78, 5) is 10.5. The highest BCUT2D eigenvalue weighted by Crippen LogP contribution is 2.19. The molecule has 0 heterocycles. The lowest BCUT2D eigenvalue weighted by Crippen LogP contribution is -2.33. The quantitative estimate of drug-likeness (QED) is 0.637. The van der Waals surface area contributed by atoms with Crippen LogP contribution in [0.2, 0.25) is 0 Å². The molecular weight excluding hydrogens is 166 g/mol. The van der Waals surface area contributed by atoms with Crippen molar-refractivity contribution in [1.82, 2.24) is 6.15 Å². The predicted molar refractivity (Wildman–Crippen MR) is 53.3 cm³/mol. The van der Waals surface area contributed by atoms with E-state index in [-0.39, 0.29) is 12.1 Å². The summed E-state index contributed by atoms with van der Waals surface area (Å²) in [5.41, 5.74) is 0. The lowest BCUT2D eigenvalue weighted by atomic mass is 9.88. The largest absolute Gasteiger partial charge is 0.550 e. The third-order valence-corrected chi connectivity index (χ3v) is 2.02. The van der Waals surface area contributed by atoms with Crippen LogP contribution in [-0.4, -0.2) is 5.97 Å². The molecule has 0 aliphatic rings. The number of carbonyl (C=O) groups is 1. The minimum Gasteiger partial charge on any atom is -0.550 e. The molecule has 0 aromatic rings. The fourth-order valence-electron chi connectivity index (χ4n) is 1.13. The molecule has 0 bridgehead atoms. The lowest BCUT2D eigenvalue weighted by molar-refractivity contribution is -0.312. The zero-order valence-electron chi connectivity index (χ0n) is 8.45. The summed E-state index contributed by atoms with van der Waals surface area (Å²) in [5, 5.41) is 10.5. The van der Waals surface area contributed by atoms with E-state index in [4.69, 9.17) is 0 Å². The van der Waals surface area contributed by atoms with Crippen molar-refractivity contribution < 1.29 is 9.90 Å². The third-order valence-electron chi connectivity index (χ3n) is 2.02. The first-order valence-electron chi connectivity index (χ1n) is 4.06. The molecule has 13 heavy (non-hydrogen) atoms. The van der Waals surface area contributed by atoms with E-state index in [1.165, 1.54) is 0 Å². The van der Waals surface area contributed by atoms with Crippen LogP contribution in [0.15, 0.2) is 25.3 Å². The molecule has 3 nitrogen and oxygen atoms in total. The molecule has 1 unspecified atom stereocenters. The Morgan fingerprint density at radius 2 is 1.77 bits per heavy atom. The Hall–Kier alpha value is -1.09. The summed E-state index contributed by atoms with van der Waals surface area (Å²) in [6.45, 7) is 8.81. The molecule has 0 rings (SSSR count). The van der Waals surface area contributed by atoms with E-state index in [0.717, 1.165) is 0 Å². The topological polar surface area (TPSA) is 76.6 Å². The average Bonchev–Trinajstić information content (AvgIpc) is 2.03. The van der Waals surface area contributed by atoms with Crippen LogP contribution in [0, 0.1) is 11.8 Å². The molecule has 0 spiro atoms. The lowest BCUT2D eigenvalue weighted by Gasteiger charge is -2.22. The predicted octanol–water partition coefficient (Wildman–Crippen LogP) is 1.52. The van der Waals surface area contributed by atoms with Crippen molar-refractivity contribution in [1.29, 1.82) is 0 Å². The van der Waals surface area contributed by atoms with Gasteiger partial charge in [-0.25, -0.2) is 0 Å². The van der Waals surface area contributed by atoms with Gasteiger partial charge in [0.05, 0.1) is 0 Å². The van der Waals surface area contributed by atoms with E-state index in [2.05, 4.69) is 13.2 Å². The maximum atomic E-state index is 10.5. The summed E-state index contributed by atoms with van der Waals surface area (Å²) >= 11 is 0. The molecule has 0 amide bonds. The van der Waals surface area contributed by atoms with Gasteiger partial charge in [0.1, 0.15) is 0 Å². The molecule has 0 aliphatic carbocycles. The van der Waals surface area contributed by atoms with Gasteiger partial charge in [-0.05, 0) is 24.7 Å². The molecule has 1 atom stereocenters. The minimum atomic E-state index is -0.997. The van der Waals surface area contributed by atoms with Gasteiger partial charge in [0.25, 0.3) is 0 Å². The fourth-order valence-corrected chi connectivity index (χ4v) is 1.13. The number of aliphatic carboxylic acids is 1. The third kappa shape index (κ3) is 5.20. The first-order valence-corrected chi connectivity index (χ1v) is 4.06. The van der Waals surface area contributed by atoms with E-state index in [1.54, 1.807) is 19.1 Å². The molecule has 0 fully saturated rings. The van der Waals surface area contributed by atoms with Gasteiger partial charge >= 0.3 is 0 Å². The second kappa shape index (κ2) is 7.55. The maximum absolute atomic E-state index is 10.5. The minimum absolute atomic E-state index is 0. The first-order chi connectivity index (χ1) is 5.63. The number of allylic oxidation sites excluding steroid dienone is 2. The fraction of sp³-hybridized carbons (Fsp3) is 0.500. The van der Waals surface area contributed by atoms with E-state index < -0.39 is 11.9 Å². The van der Waals surface area contributed by atoms with E-state index in [9.17, 15) is 9.90 Å². The smallest absolute Gasteiger partial charge is 0.0445 e. The van der Waals surface area contributed by atoms with Crippen molar-refractivity contribution in [3.05, 3.63) is 25.3 Å². The van der Waals surface area contributed by atoms with Gasteiger partial charge in [-0.2, -0.15) is 0 Å². The van der Waals surface area contributed by atoms with Crippen molar-refractivity contribution in [2.45, 2.75) is 19.8 Å². The van der Waals surface area contributed by atoms with Crippen LogP contribution >= 0.6 is 0 Å². The van der Waals surface area contributed by atoms with Crippen molar-refractivity contribution in [2.75, 3.05) is 0 Å². The summed E-state index contributed by atoms with van der Waals surface area (Å²) in [6.07, 6.45) is 4.85. The number of hydrogen-bond acceptors (Lipinski definition) is 2. The molecule has 4 N–H and O–H groups in total. The molecule has 0 saturated heterocycles. The van der Waals surface area contributed by atoms with Gasteiger partial charge in [-0.3, -0.25) is 0 Å². The summed E-state index contributed by atoms with van der Waals surface area (Å²) in [6, 6.07) is 0. The molecule has 0 aliphatic heterocycles. The van der Waals surface area contributed by atoms with Crippen molar-refractivity contribution in [3.8, 4) is 0 Å². The standard InChI is InChI=1S/C10H16O2.H3N/c1-4-6-9(7-5-2)8(3)10(11)12;/h4-5,8-9H,1-2,6-7H2,3H3,(H,11,12);1H3. The highest BCUT2D eigenvalue weighted by Gasteiger charge is 2.14. The zero-order chi connectivity index (χ0) is 9.56. The molecule has 0 radical (unpaired) electrons. The highest BCUT2D eigenvalue weighted by atomic mass is 16.4. The molecule has 0 aromatic heterocycles. The number of carboxylic acids is 1. The number of hydrogen-bond donors (Lipinski definition) is 1. The molecule has 0 aromatic carbocycles. The van der Waals surface area contributed by atoms with Crippen LogP contribution in [0.25, 0.3) is 0 Å². The normalized spacial score (nSPS) is 11.5. The molecule has 0 saturated carbocycles. The zero-order valence-corrected chi connectivity index (χ0v) is 8.45. The number of carbonyl (C=O) groups excluding carboxylic acids is 1. The van der Waals surface area contributed by atoms with Crippen LogP contribution in [0.4, 0.5) is 0 Å². The van der Waals surface area contributed by atoms with Gasteiger partial charge in [0.15, 0.2) is 0 Å². The Morgan fingerprint density at radius 3 is 2.00 bits per heavy atom. The van der Waals surface area contributed by atoms with Crippen molar-refractivity contribution >= 4 is 5.97 Å². The second-order valence-corrected chi connectivity index (χ2v) is 2.92. The van der Waals surface area contributed by atoms with Gasteiger partial charge in [-0.1, -0.05) is 19.1 Å². The summed E-state index contributed by atoms with van der Waals surface area (Å²) in [5.74, 6) is -1.35. The maximum Gasteiger partial charge on any atom is 0.0445 e. The van der Waals surface area contributed by atoms with Crippen molar-refractivity contribution in [2.24, 2.45) is 11.8 Å². The van der Waals surface area contributed by atoms with Crippen LogP contribution in [0.1, 0.15) is 19.8 Å². The van der Waals surface area contributed by atoms with E-state index >= 15 is 0 Å². The SMILES string of the molecule is C=CCC(CC=C)C(C)C(=O)[O-].[NH4+]. The Morgan fingerprint density at radius 1 is 1.38 bits per heavy atom. The van der Waals surface area contributed by atoms with Crippen molar-refractivity contribution in [3.63, 3.8) is 0 Å². The van der Waals surface area contributed by atoms with Gasteiger partial charge in [0, 0.05) is 5.97 Å². The highest BCUT2D eigenvalue weighted by molar-refractivity contribution is 5.67. The Labute approximate surface area is 79.7 Å². The summed E-state index contributed by atoms with van der Waals surface area (Å²) in [7, 11) is 0. The molecular formula is C10H19NO2.